The van der Waals surface area contributed by atoms with Crippen LogP contribution in [-0.4, -0.2) is 33.0 Å². The first kappa shape index (κ1) is 21.3. The van der Waals surface area contributed by atoms with Gasteiger partial charge in [-0.25, -0.2) is 4.39 Å². The minimum atomic E-state index is -0.391. The lowest BCUT2D eigenvalue weighted by Crippen LogP contribution is -2.33. The lowest BCUT2D eigenvalue weighted by Gasteiger charge is -2.21. The first-order valence-electron chi connectivity index (χ1n) is 9.78. The smallest absolute Gasteiger partial charge is 0.237 e. The maximum Gasteiger partial charge on any atom is 0.237 e. The van der Waals surface area contributed by atoms with E-state index in [0.717, 1.165) is 5.69 Å². The van der Waals surface area contributed by atoms with Crippen molar-refractivity contribution in [3.8, 4) is 23.3 Å². The van der Waals surface area contributed by atoms with Gasteiger partial charge in [0.15, 0.2) is 10.9 Å². The Morgan fingerprint density at radius 2 is 1.88 bits per heavy atom. The largest absolute Gasteiger partial charge is 0.461 e. The molecular weight excluding hydrogens is 429 g/mol. The lowest BCUT2D eigenvalue weighted by atomic mass is 10.2. The standard InChI is InChI=1S/C23H18FN5O2S/c24-17-9-11-18(12-10-17)28(14-5-13-25)21(30)16-32-23-27-26-22(20-8-4-15-31-20)29(23)19-6-2-1-3-7-19/h1-4,6-12,15H,5,14,16H2. The highest BCUT2D eigenvalue weighted by Crippen LogP contribution is 2.28. The molecule has 0 fully saturated rings. The van der Waals surface area contributed by atoms with Crippen LogP contribution < -0.4 is 4.90 Å². The number of benzene rings is 2. The first-order chi connectivity index (χ1) is 15.7. The molecule has 2 aromatic heterocycles. The van der Waals surface area contributed by atoms with E-state index in [1.165, 1.54) is 40.9 Å². The molecule has 2 heterocycles. The van der Waals surface area contributed by atoms with E-state index < -0.39 is 5.82 Å². The van der Waals surface area contributed by atoms with E-state index in [9.17, 15) is 9.18 Å². The van der Waals surface area contributed by atoms with Crippen molar-refractivity contribution in [1.29, 1.82) is 5.26 Å². The third kappa shape index (κ3) is 4.71. The third-order valence-electron chi connectivity index (χ3n) is 4.60. The Morgan fingerprint density at radius 1 is 1.09 bits per heavy atom. The molecule has 9 heteroatoms. The maximum absolute atomic E-state index is 13.3. The zero-order valence-corrected chi connectivity index (χ0v) is 17.7. The summed E-state index contributed by atoms with van der Waals surface area (Å²) in [6.45, 7) is 0.213. The van der Waals surface area contributed by atoms with Gasteiger partial charge in [-0.05, 0) is 48.5 Å². The van der Waals surface area contributed by atoms with Crippen molar-refractivity contribution in [2.45, 2.75) is 11.6 Å². The van der Waals surface area contributed by atoms with Crippen LogP contribution in [0.3, 0.4) is 0 Å². The average molecular weight is 447 g/mol. The van der Waals surface area contributed by atoms with Crippen LogP contribution in [0.25, 0.3) is 17.3 Å². The van der Waals surface area contributed by atoms with Crippen molar-refractivity contribution in [2.24, 2.45) is 0 Å². The first-order valence-corrected chi connectivity index (χ1v) is 10.8. The second-order valence-electron chi connectivity index (χ2n) is 6.67. The van der Waals surface area contributed by atoms with Gasteiger partial charge >= 0.3 is 0 Å². The van der Waals surface area contributed by atoms with Gasteiger partial charge in [-0.1, -0.05) is 30.0 Å². The number of nitriles is 1. The molecular formula is C23H18FN5O2S. The van der Waals surface area contributed by atoms with Crippen molar-refractivity contribution in [3.05, 3.63) is 78.8 Å². The Labute approximate surface area is 188 Å². The number of hydrogen-bond donors (Lipinski definition) is 0. The summed E-state index contributed by atoms with van der Waals surface area (Å²) in [5.74, 6) is 0.528. The van der Waals surface area contributed by atoms with Crippen molar-refractivity contribution in [2.75, 3.05) is 17.2 Å². The van der Waals surface area contributed by atoms with Crippen LogP contribution in [0.1, 0.15) is 6.42 Å². The van der Waals surface area contributed by atoms with Gasteiger partial charge in [-0.2, -0.15) is 5.26 Å². The molecule has 0 aliphatic rings. The molecule has 4 aromatic rings. The number of carbonyl (C=O) groups excluding carboxylic acids is 1. The molecule has 0 saturated heterocycles. The summed E-state index contributed by atoms with van der Waals surface area (Å²) in [4.78, 5) is 14.5. The summed E-state index contributed by atoms with van der Waals surface area (Å²) in [6, 6.07) is 20.8. The Hall–Kier alpha value is -3.90. The molecule has 0 aliphatic heterocycles. The Morgan fingerprint density at radius 3 is 2.56 bits per heavy atom. The van der Waals surface area contributed by atoms with E-state index in [2.05, 4.69) is 10.2 Å². The number of hydrogen-bond acceptors (Lipinski definition) is 6. The molecule has 0 saturated carbocycles. The van der Waals surface area contributed by atoms with E-state index in [4.69, 9.17) is 9.68 Å². The topological polar surface area (TPSA) is 87.9 Å². The predicted octanol–water partition coefficient (Wildman–Crippen LogP) is 4.71. The van der Waals surface area contributed by atoms with Crippen molar-refractivity contribution >= 4 is 23.4 Å². The van der Waals surface area contributed by atoms with E-state index in [1.54, 1.807) is 18.4 Å². The molecule has 2 aromatic carbocycles. The summed E-state index contributed by atoms with van der Waals surface area (Å²) in [7, 11) is 0. The second kappa shape index (κ2) is 9.94. The molecule has 0 unspecified atom stereocenters. The number of thioether (sulfide) groups is 1. The van der Waals surface area contributed by atoms with E-state index in [1.807, 2.05) is 41.0 Å². The van der Waals surface area contributed by atoms with Crippen LogP contribution >= 0.6 is 11.8 Å². The van der Waals surface area contributed by atoms with Gasteiger partial charge in [0.1, 0.15) is 5.82 Å². The maximum atomic E-state index is 13.3. The zero-order valence-electron chi connectivity index (χ0n) is 16.9. The monoisotopic (exact) mass is 447 g/mol. The number of amides is 1. The highest BCUT2D eigenvalue weighted by Gasteiger charge is 2.21. The quantitative estimate of drug-likeness (QED) is 0.364. The number of aromatic nitrogens is 3. The summed E-state index contributed by atoms with van der Waals surface area (Å²) in [6.07, 6.45) is 1.72. The minimum absolute atomic E-state index is 0.0614. The Kier molecular flexibility index (Phi) is 6.63. The lowest BCUT2D eigenvalue weighted by molar-refractivity contribution is -0.116. The van der Waals surface area contributed by atoms with Crippen LogP contribution in [0.5, 0.6) is 0 Å². The van der Waals surface area contributed by atoms with Gasteiger partial charge in [-0.3, -0.25) is 9.36 Å². The normalized spacial score (nSPS) is 10.6. The summed E-state index contributed by atoms with van der Waals surface area (Å²) < 4.78 is 20.6. The predicted molar refractivity (Wildman–Crippen MR) is 119 cm³/mol. The number of rotatable bonds is 8. The molecule has 0 radical (unpaired) electrons. The van der Waals surface area contributed by atoms with E-state index >= 15 is 0 Å². The SMILES string of the molecule is N#CCCN(C(=O)CSc1nnc(-c2ccco2)n1-c1ccccc1)c1ccc(F)cc1. The average Bonchev–Trinajstić information content (AvgIpc) is 3.49. The van der Waals surface area contributed by atoms with Crippen LogP contribution in [-0.2, 0) is 4.79 Å². The zero-order chi connectivity index (χ0) is 22.3. The second-order valence-corrected chi connectivity index (χ2v) is 7.62. The molecule has 7 nitrogen and oxygen atoms in total. The number of nitrogens with zero attached hydrogens (tertiary/aromatic N) is 5. The van der Waals surface area contributed by atoms with Crippen molar-refractivity contribution in [3.63, 3.8) is 0 Å². The van der Waals surface area contributed by atoms with Crippen molar-refractivity contribution < 1.29 is 13.6 Å². The molecule has 32 heavy (non-hydrogen) atoms. The molecule has 0 bridgehead atoms. The number of para-hydroxylation sites is 1. The number of carbonyl (C=O) groups is 1. The Bertz CT molecular complexity index is 1220. The van der Waals surface area contributed by atoms with Gasteiger partial charge in [0.25, 0.3) is 0 Å². The third-order valence-corrected chi connectivity index (χ3v) is 5.51. The van der Waals surface area contributed by atoms with Gasteiger partial charge in [0.05, 0.1) is 24.5 Å². The Balaban J connectivity index is 1.59. The van der Waals surface area contributed by atoms with E-state index in [0.29, 0.717) is 22.4 Å². The number of anilines is 1. The van der Waals surface area contributed by atoms with Crippen molar-refractivity contribution in [1.82, 2.24) is 14.8 Å². The summed E-state index contributed by atoms with van der Waals surface area (Å²) >= 11 is 1.23. The molecule has 160 valence electrons. The van der Waals surface area contributed by atoms with Gasteiger partial charge in [0, 0.05) is 17.9 Å². The molecule has 4 rings (SSSR count). The van der Waals surface area contributed by atoms with Gasteiger partial charge < -0.3 is 9.32 Å². The number of furan rings is 1. The molecule has 0 N–H and O–H groups in total. The minimum Gasteiger partial charge on any atom is -0.461 e. The summed E-state index contributed by atoms with van der Waals surface area (Å²) in [5, 5.41) is 18.0. The molecule has 1 amide bonds. The number of halogens is 1. The fourth-order valence-electron chi connectivity index (χ4n) is 3.12. The van der Waals surface area contributed by atoms with Crippen LogP contribution in [0.2, 0.25) is 0 Å². The highest BCUT2D eigenvalue weighted by molar-refractivity contribution is 7.99. The molecule has 0 spiro atoms. The fourth-order valence-corrected chi connectivity index (χ4v) is 3.95. The van der Waals surface area contributed by atoms with E-state index in [-0.39, 0.29) is 24.6 Å². The molecule has 0 aliphatic carbocycles. The van der Waals surface area contributed by atoms with Crippen LogP contribution in [0.4, 0.5) is 10.1 Å². The van der Waals surface area contributed by atoms with Gasteiger partial charge in [0.2, 0.25) is 11.7 Å². The summed E-state index contributed by atoms with van der Waals surface area (Å²) in [5.41, 5.74) is 1.37. The highest BCUT2D eigenvalue weighted by atomic mass is 32.2. The fraction of sp³-hybridized carbons (Fsp3) is 0.130. The van der Waals surface area contributed by atoms with Crippen LogP contribution in [0.15, 0.2) is 82.6 Å². The molecule has 0 atom stereocenters. The van der Waals surface area contributed by atoms with Gasteiger partial charge in [-0.15, -0.1) is 10.2 Å². The van der Waals surface area contributed by atoms with Crippen LogP contribution in [0, 0.1) is 17.1 Å².